The largest absolute Gasteiger partial charge is 0.381 e. The fraction of sp³-hybridized carbons (Fsp3) is 0.933. The molecule has 0 aliphatic heterocycles. The zero-order chi connectivity index (χ0) is 22.4. The molecule has 1 unspecified atom stereocenters. The fourth-order valence-corrected chi connectivity index (χ4v) is 9.35. The zero-order valence-electron chi connectivity index (χ0n) is 21.9. The topological polar surface area (TPSA) is 9.23 Å². The van der Waals surface area contributed by atoms with Gasteiger partial charge in [0.25, 0.3) is 0 Å². The molecule has 1 nitrogen and oxygen atoms in total. The van der Waals surface area contributed by atoms with E-state index in [1.54, 1.807) is 0 Å². The summed E-state index contributed by atoms with van der Waals surface area (Å²) < 4.78 is 5.79. The number of rotatable bonds is 7. The van der Waals surface area contributed by atoms with Crippen molar-refractivity contribution in [2.24, 2.45) is 52.3 Å². The predicted octanol–water partition coefficient (Wildman–Crippen LogP) is 8.68. The van der Waals surface area contributed by atoms with Crippen LogP contribution < -0.4 is 0 Å². The quantitative estimate of drug-likeness (QED) is 0.368. The molecule has 0 aromatic heterocycles. The molecule has 3 saturated carbocycles. The number of hydrogen-bond donors (Lipinski definition) is 0. The van der Waals surface area contributed by atoms with Gasteiger partial charge in [-0.2, -0.15) is 0 Å². The van der Waals surface area contributed by atoms with Gasteiger partial charge >= 0.3 is 0 Å². The van der Waals surface area contributed by atoms with Crippen LogP contribution in [0.3, 0.4) is 0 Å². The second-order valence-corrected chi connectivity index (χ2v) is 13.1. The van der Waals surface area contributed by atoms with Gasteiger partial charge in [0, 0.05) is 7.11 Å². The SMILES string of the molecule is CC[C@H](CC[C@@H](C)[C@H]1CC[C@H]2C3=CCC4C[C@@H](OC)CC[C@]4(C)[C@H]3CC[C@]12C)C(C)C. The van der Waals surface area contributed by atoms with Gasteiger partial charge in [0.2, 0.25) is 0 Å². The van der Waals surface area contributed by atoms with Gasteiger partial charge in [-0.05, 0) is 110 Å². The number of hydrogen-bond acceptors (Lipinski definition) is 1. The van der Waals surface area contributed by atoms with Crippen molar-refractivity contribution < 1.29 is 4.74 Å². The van der Waals surface area contributed by atoms with Gasteiger partial charge in [-0.15, -0.1) is 0 Å². The Kier molecular flexibility index (Phi) is 7.04. The monoisotopic (exact) mass is 428 g/mol. The highest BCUT2D eigenvalue weighted by Gasteiger charge is 2.58. The second-order valence-electron chi connectivity index (χ2n) is 13.1. The third kappa shape index (κ3) is 4.08. The first-order valence-electron chi connectivity index (χ1n) is 14.0. The fourth-order valence-electron chi connectivity index (χ4n) is 9.35. The first-order chi connectivity index (χ1) is 14.7. The Morgan fingerprint density at radius 2 is 1.68 bits per heavy atom. The van der Waals surface area contributed by atoms with Crippen molar-refractivity contribution in [3.63, 3.8) is 0 Å². The molecule has 0 N–H and O–H groups in total. The normalized spacial score (nSPS) is 44.3. The molecule has 0 aromatic carbocycles. The van der Waals surface area contributed by atoms with Gasteiger partial charge in [-0.3, -0.25) is 0 Å². The summed E-state index contributed by atoms with van der Waals surface area (Å²) in [6, 6.07) is 0. The Bertz CT molecular complexity index is 649. The summed E-state index contributed by atoms with van der Waals surface area (Å²) in [5, 5.41) is 0. The standard InChI is InChI=1S/C30H52O/c1-8-22(20(2)3)10-9-21(4)26-13-14-27-25-12-11-23-19-24(31-7)15-17-29(23,5)28(25)16-18-30(26,27)6/h12,20-24,26-28H,8-11,13-19H2,1-7H3/t21-,22-,23?,24+,26-,27+,28+,29+,30-/m1/s1. The third-order valence-corrected chi connectivity index (χ3v) is 11.6. The molecule has 31 heavy (non-hydrogen) atoms. The van der Waals surface area contributed by atoms with Crippen LogP contribution in [0.5, 0.6) is 0 Å². The van der Waals surface area contributed by atoms with Crippen LogP contribution in [-0.4, -0.2) is 13.2 Å². The molecular formula is C30H52O. The van der Waals surface area contributed by atoms with Crippen molar-refractivity contribution >= 4 is 0 Å². The molecule has 9 atom stereocenters. The van der Waals surface area contributed by atoms with Crippen LogP contribution in [0.25, 0.3) is 0 Å². The van der Waals surface area contributed by atoms with Gasteiger partial charge in [-0.1, -0.05) is 66.0 Å². The van der Waals surface area contributed by atoms with Crippen molar-refractivity contribution in [2.75, 3.05) is 7.11 Å². The molecule has 4 aliphatic carbocycles. The molecule has 0 amide bonds. The maximum Gasteiger partial charge on any atom is 0.0574 e. The molecule has 0 bridgehead atoms. The van der Waals surface area contributed by atoms with E-state index < -0.39 is 0 Å². The molecule has 0 aromatic rings. The van der Waals surface area contributed by atoms with Crippen LogP contribution in [0.2, 0.25) is 0 Å². The highest BCUT2D eigenvalue weighted by Crippen LogP contribution is 2.67. The van der Waals surface area contributed by atoms with Crippen molar-refractivity contribution in [1.29, 1.82) is 0 Å². The average molecular weight is 429 g/mol. The van der Waals surface area contributed by atoms with Crippen LogP contribution in [0.15, 0.2) is 11.6 Å². The number of methoxy groups -OCH3 is 1. The summed E-state index contributed by atoms with van der Waals surface area (Å²) in [5.41, 5.74) is 3.02. The van der Waals surface area contributed by atoms with Crippen molar-refractivity contribution in [2.45, 2.75) is 118 Å². The van der Waals surface area contributed by atoms with Gasteiger partial charge in [-0.25, -0.2) is 0 Å². The van der Waals surface area contributed by atoms with Crippen molar-refractivity contribution in [3.8, 4) is 0 Å². The molecule has 0 spiro atoms. The number of allylic oxidation sites excluding steroid dienone is 2. The molecular weight excluding hydrogens is 376 g/mol. The van der Waals surface area contributed by atoms with E-state index in [4.69, 9.17) is 4.74 Å². The van der Waals surface area contributed by atoms with Crippen molar-refractivity contribution in [1.82, 2.24) is 0 Å². The first-order valence-corrected chi connectivity index (χ1v) is 14.0. The van der Waals surface area contributed by atoms with E-state index in [1.165, 1.54) is 70.6 Å². The molecule has 0 radical (unpaired) electrons. The van der Waals surface area contributed by atoms with Crippen LogP contribution in [0.4, 0.5) is 0 Å². The Labute approximate surface area is 194 Å². The lowest BCUT2D eigenvalue weighted by Crippen LogP contribution is -2.50. The average Bonchev–Trinajstić information content (AvgIpc) is 3.10. The second kappa shape index (κ2) is 9.15. The summed E-state index contributed by atoms with van der Waals surface area (Å²) in [6.45, 7) is 15.2. The number of fused-ring (bicyclic) bond motifs is 5. The molecule has 4 rings (SSSR count). The van der Waals surface area contributed by atoms with E-state index in [1.807, 2.05) is 12.7 Å². The molecule has 4 aliphatic rings. The highest BCUT2D eigenvalue weighted by atomic mass is 16.5. The third-order valence-electron chi connectivity index (χ3n) is 11.6. The lowest BCUT2D eigenvalue weighted by molar-refractivity contribution is -0.0545. The van der Waals surface area contributed by atoms with Gasteiger partial charge in [0.1, 0.15) is 0 Å². The maximum absolute atomic E-state index is 5.79. The Morgan fingerprint density at radius 1 is 0.968 bits per heavy atom. The molecule has 0 saturated heterocycles. The van der Waals surface area contributed by atoms with E-state index in [0.717, 1.165) is 41.4 Å². The van der Waals surface area contributed by atoms with E-state index in [0.29, 0.717) is 16.9 Å². The maximum atomic E-state index is 5.79. The summed E-state index contributed by atoms with van der Waals surface area (Å²) in [6.07, 6.45) is 18.7. The smallest absolute Gasteiger partial charge is 0.0574 e. The summed E-state index contributed by atoms with van der Waals surface area (Å²) in [7, 11) is 1.92. The summed E-state index contributed by atoms with van der Waals surface area (Å²) in [5.74, 6) is 6.19. The first kappa shape index (κ1) is 23.8. The Hall–Kier alpha value is -0.300. The Morgan fingerprint density at radius 3 is 2.35 bits per heavy atom. The minimum atomic E-state index is 0.511. The van der Waals surface area contributed by atoms with E-state index in [-0.39, 0.29) is 0 Å². The summed E-state index contributed by atoms with van der Waals surface area (Å²) in [4.78, 5) is 0. The van der Waals surface area contributed by atoms with E-state index in [2.05, 4.69) is 47.6 Å². The van der Waals surface area contributed by atoms with E-state index in [9.17, 15) is 0 Å². The summed E-state index contributed by atoms with van der Waals surface area (Å²) >= 11 is 0. The lowest BCUT2D eigenvalue weighted by atomic mass is 9.47. The van der Waals surface area contributed by atoms with Crippen LogP contribution in [0.1, 0.15) is 112 Å². The lowest BCUT2D eigenvalue weighted by Gasteiger charge is -2.58. The Balaban J connectivity index is 1.48. The zero-order valence-corrected chi connectivity index (χ0v) is 21.9. The number of ether oxygens (including phenoxy) is 1. The van der Waals surface area contributed by atoms with E-state index >= 15 is 0 Å². The minimum Gasteiger partial charge on any atom is -0.381 e. The van der Waals surface area contributed by atoms with Crippen LogP contribution in [-0.2, 0) is 4.74 Å². The highest BCUT2D eigenvalue weighted by molar-refractivity contribution is 5.27. The van der Waals surface area contributed by atoms with Gasteiger partial charge in [0.05, 0.1) is 6.10 Å². The minimum absolute atomic E-state index is 0.511. The molecule has 178 valence electrons. The van der Waals surface area contributed by atoms with Crippen LogP contribution in [0, 0.1) is 52.3 Å². The van der Waals surface area contributed by atoms with Gasteiger partial charge < -0.3 is 4.74 Å². The van der Waals surface area contributed by atoms with Crippen LogP contribution >= 0.6 is 0 Å². The molecule has 0 heterocycles. The van der Waals surface area contributed by atoms with Gasteiger partial charge in [0.15, 0.2) is 0 Å². The molecule has 3 fully saturated rings. The van der Waals surface area contributed by atoms with Crippen molar-refractivity contribution in [3.05, 3.63) is 11.6 Å². The predicted molar refractivity (Wildman–Crippen MR) is 133 cm³/mol. The molecule has 1 heteroatoms.